The van der Waals surface area contributed by atoms with Gasteiger partial charge in [-0.3, -0.25) is 4.79 Å². The number of hydrazine groups is 1. The first-order valence-electron chi connectivity index (χ1n) is 4.71. The summed E-state index contributed by atoms with van der Waals surface area (Å²) in [6.07, 6.45) is 0.390. The fourth-order valence-electron chi connectivity index (χ4n) is 1.46. The van der Waals surface area contributed by atoms with Gasteiger partial charge in [-0.2, -0.15) is 11.8 Å². The van der Waals surface area contributed by atoms with Crippen molar-refractivity contribution >= 4 is 17.7 Å². The van der Waals surface area contributed by atoms with E-state index in [1.165, 1.54) is 0 Å². The van der Waals surface area contributed by atoms with Crippen LogP contribution in [-0.2, 0) is 9.63 Å². The third-order valence-corrected chi connectivity index (χ3v) is 3.27. The molecule has 1 aliphatic heterocycles. The lowest BCUT2D eigenvalue weighted by Gasteiger charge is -2.29. The highest BCUT2D eigenvalue weighted by Crippen LogP contribution is 2.17. The molecular formula is C8H17N3O2S. The summed E-state index contributed by atoms with van der Waals surface area (Å²) in [4.78, 5) is 17.7. The standard InChI is InChI=1S/C8H17N3O2S/c1-7-6-11(4-5-14-7)3-2-8(12)13-10-9/h7,10H,2-6,9H2,1H3. The van der Waals surface area contributed by atoms with Gasteiger partial charge in [-0.25, -0.2) is 5.84 Å². The molecule has 1 heterocycles. The van der Waals surface area contributed by atoms with E-state index in [-0.39, 0.29) is 5.97 Å². The molecule has 0 radical (unpaired) electrons. The van der Waals surface area contributed by atoms with Crippen molar-refractivity contribution in [3.8, 4) is 0 Å². The summed E-state index contributed by atoms with van der Waals surface area (Å²) in [7, 11) is 0. The minimum Gasteiger partial charge on any atom is -0.356 e. The topological polar surface area (TPSA) is 67.6 Å². The second-order valence-corrected chi connectivity index (χ2v) is 4.87. The first kappa shape index (κ1) is 11.8. The summed E-state index contributed by atoms with van der Waals surface area (Å²) in [6, 6.07) is 0. The molecule has 14 heavy (non-hydrogen) atoms. The van der Waals surface area contributed by atoms with Crippen molar-refractivity contribution in [1.29, 1.82) is 0 Å². The highest BCUT2D eigenvalue weighted by molar-refractivity contribution is 7.99. The van der Waals surface area contributed by atoms with Crippen LogP contribution in [0.3, 0.4) is 0 Å². The highest BCUT2D eigenvalue weighted by Gasteiger charge is 2.17. The summed E-state index contributed by atoms with van der Waals surface area (Å²) >= 11 is 1.98. The van der Waals surface area contributed by atoms with Crippen LogP contribution < -0.4 is 11.4 Å². The smallest absolute Gasteiger partial charge is 0.327 e. The van der Waals surface area contributed by atoms with Crippen LogP contribution in [0.4, 0.5) is 0 Å². The van der Waals surface area contributed by atoms with E-state index in [1.54, 1.807) is 0 Å². The third kappa shape index (κ3) is 4.28. The zero-order valence-electron chi connectivity index (χ0n) is 8.36. The lowest BCUT2D eigenvalue weighted by molar-refractivity contribution is -0.151. The number of hydrogen-bond donors (Lipinski definition) is 2. The minimum atomic E-state index is -0.307. The van der Waals surface area contributed by atoms with Crippen molar-refractivity contribution in [2.75, 3.05) is 25.4 Å². The Morgan fingerprint density at radius 2 is 2.57 bits per heavy atom. The summed E-state index contributed by atoms with van der Waals surface area (Å²) in [5.41, 5.74) is 1.89. The van der Waals surface area contributed by atoms with Gasteiger partial charge in [-0.05, 0) is 0 Å². The number of nitrogens with zero attached hydrogens (tertiary/aromatic N) is 1. The lowest BCUT2D eigenvalue weighted by Crippen LogP contribution is -2.38. The monoisotopic (exact) mass is 219 g/mol. The molecule has 0 bridgehead atoms. The van der Waals surface area contributed by atoms with E-state index in [4.69, 9.17) is 5.84 Å². The molecule has 1 atom stereocenters. The normalized spacial score (nSPS) is 23.4. The number of thioether (sulfide) groups is 1. The van der Waals surface area contributed by atoms with Crippen molar-refractivity contribution in [2.45, 2.75) is 18.6 Å². The Hall–Kier alpha value is -0.300. The van der Waals surface area contributed by atoms with E-state index >= 15 is 0 Å². The number of nitrogens with two attached hydrogens (primary N) is 1. The van der Waals surface area contributed by atoms with Gasteiger partial charge in [-0.1, -0.05) is 12.5 Å². The molecule has 0 aliphatic carbocycles. The second kappa shape index (κ2) is 6.23. The van der Waals surface area contributed by atoms with E-state index in [2.05, 4.69) is 16.7 Å². The van der Waals surface area contributed by atoms with Gasteiger partial charge in [0.05, 0.1) is 6.42 Å². The summed E-state index contributed by atoms with van der Waals surface area (Å²) in [6.45, 7) is 5.06. The number of carbonyl (C=O) groups is 1. The second-order valence-electron chi connectivity index (χ2n) is 3.32. The van der Waals surface area contributed by atoms with Gasteiger partial charge in [0.2, 0.25) is 0 Å². The molecule has 0 aromatic carbocycles. The number of carbonyl (C=O) groups excluding carboxylic acids is 1. The quantitative estimate of drug-likeness (QED) is 0.501. The molecule has 0 aromatic rings. The van der Waals surface area contributed by atoms with Gasteiger partial charge >= 0.3 is 5.97 Å². The Bertz CT molecular complexity index is 191. The fraction of sp³-hybridized carbons (Fsp3) is 0.875. The molecule has 1 rings (SSSR count). The average Bonchev–Trinajstić information content (AvgIpc) is 2.15. The van der Waals surface area contributed by atoms with Crippen LogP contribution in [0.2, 0.25) is 0 Å². The van der Waals surface area contributed by atoms with Crippen molar-refractivity contribution in [3.05, 3.63) is 0 Å². The molecule has 1 saturated heterocycles. The predicted octanol–water partition coefficient (Wildman–Crippen LogP) is -0.265. The molecule has 5 nitrogen and oxygen atoms in total. The molecular weight excluding hydrogens is 202 g/mol. The van der Waals surface area contributed by atoms with Crippen LogP contribution in [-0.4, -0.2) is 41.5 Å². The number of rotatable bonds is 4. The first-order valence-corrected chi connectivity index (χ1v) is 5.76. The van der Waals surface area contributed by atoms with Gasteiger partial charge in [-0.15, -0.1) is 0 Å². The molecule has 6 heteroatoms. The first-order chi connectivity index (χ1) is 6.72. The highest BCUT2D eigenvalue weighted by atomic mass is 32.2. The van der Waals surface area contributed by atoms with Crippen LogP contribution in [0.25, 0.3) is 0 Å². The van der Waals surface area contributed by atoms with E-state index in [9.17, 15) is 4.79 Å². The lowest BCUT2D eigenvalue weighted by atomic mass is 10.3. The minimum absolute atomic E-state index is 0.307. The molecule has 1 unspecified atom stereocenters. The van der Waals surface area contributed by atoms with Gasteiger partial charge in [0.15, 0.2) is 0 Å². The Kier molecular flexibility index (Phi) is 5.24. The molecule has 0 aromatic heterocycles. The third-order valence-electron chi connectivity index (χ3n) is 2.13. The predicted molar refractivity (Wildman–Crippen MR) is 56.4 cm³/mol. The largest absolute Gasteiger partial charge is 0.356 e. The maximum atomic E-state index is 11.0. The molecule has 0 amide bonds. The fourth-order valence-corrected chi connectivity index (χ4v) is 2.54. The zero-order chi connectivity index (χ0) is 10.4. The van der Waals surface area contributed by atoms with Crippen molar-refractivity contribution in [3.63, 3.8) is 0 Å². The van der Waals surface area contributed by atoms with Crippen LogP contribution in [0, 0.1) is 0 Å². The molecule has 0 saturated carbocycles. The van der Waals surface area contributed by atoms with Gasteiger partial charge in [0.1, 0.15) is 0 Å². The van der Waals surface area contributed by atoms with E-state index in [1.807, 2.05) is 17.4 Å². The van der Waals surface area contributed by atoms with E-state index < -0.39 is 0 Å². The summed E-state index contributed by atoms with van der Waals surface area (Å²) in [5.74, 6) is 5.69. The van der Waals surface area contributed by atoms with Crippen LogP contribution in [0.15, 0.2) is 0 Å². The van der Waals surface area contributed by atoms with E-state index in [0.29, 0.717) is 11.7 Å². The average molecular weight is 219 g/mol. The van der Waals surface area contributed by atoms with Crippen molar-refractivity contribution in [2.24, 2.45) is 5.84 Å². The number of nitrogens with one attached hydrogen (secondary N) is 1. The summed E-state index contributed by atoms with van der Waals surface area (Å²) < 4.78 is 0. The van der Waals surface area contributed by atoms with Crippen LogP contribution in [0.5, 0.6) is 0 Å². The molecule has 1 aliphatic rings. The van der Waals surface area contributed by atoms with Crippen LogP contribution >= 0.6 is 11.8 Å². The van der Waals surface area contributed by atoms with E-state index in [0.717, 1.165) is 25.4 Å². The Morgan fingerprint density at radius 1 is 1.79 bits per heavy atom. The molecule has 82 valence electrons. The SMILES string of the molecule is CC1CN(CCC(=O)ONN)CCS1. The maximum absolute atomic E-state index is 11.0. The summed E-state index contributed by atoms with van der Waals surface area (Å²) in [5, 5.41) is 0.660. The maximum Gasteiger partial charge on any atom is 0.327 e. The Morgan fingerprint density at radius 3 is 3.21 bits per heavy atom. The zero-order valence-corrected chi connectivity index (χ0v) is 9.18. The van der Waals surface area contributed by atoms with Gasteiger partial charge in [0.25, 0.3) is 0 Å². The molecule has 0 spiro atoms. The number of hydrogen-bond acceptors (Lipinski definition) is 6. The van der Waals surface area contributed by atoms with Crippen molar-refractivity contribution in [1.82, 2.24) is 10.5 Å². The Balaban J connectivity index is 2.14. The molecule has 3 N–H and O–H groups in total. The van der Waals surface area contributed by atoms with Gasteiger partial charge in [0, 0.05) is 30.6 Å². The van der Waals surface area contributed by atoms with Crippen LogP contribution in [0.1, 0.15) is 13.3 Å². The van der Waals surface area contributed by atoms with Crippen molar-refractivity contribution < 1.29 is 9.63 Å². The molecule has 1 fully saturated rings. The Labute approximate surface area is 88.3 Å². The van der Waals surface area contributed by atoms with Gasteiger partial charge < -0.3 is 9.74 Å².